The Bertz CT molecular complexity index is 387. The third-order valence-electron chi connectivity index (χ3n) is 3.34. The summed E-state index contributed by atoms with van der Waals surface area (Å²) in [4.78, 5) is 13.6. The van der Waals surface area contributed by atoms with Gasteiger partial charge in [0.1, 0.15) is 0 Å². The number of rotatable bonds is 2. The molecule has 0 aromatic rings. The van der Waals surface area contributed by atoms with Crippen LogP contribution >= 0.6 is 0 Å². The van der Waals surface area contributed by atoms with Gasteiger partial charge in [0.05, 0.1) is 0 Å². The molecule has 1 aliphatic heterocycles. The summed E-state index contributed by atoms with van der Waals surface area (Å²) in [6.07, 6.45) is 0.967. The SMILES string of the molecule is CC1CC1C(=O)N1CCN(S(N)(=O)=O)CC1. The Morgan fingerprint density at radius 3 is 2.12 bits per heavy atom. The van der Waals surface area contributed by atoms with E-state index in [0.29, 0.717) is 32.1 Å². The smallest absolute Gasteiger partial charge is 0.277 e. The maximum atomic E-state index is 11.9. The molecule has 0 radical (unpaired) electrons. The van der Waals surface area contributed by atoms with Crippen LogP contribution in [-0.2, 0) is 15.0 Å². The Labute approximate surface area is 95.6 Å². The van der Waals surface area contributed by atoms with Crippen LogP contribution < -0.4 is 5.14 Å². The second-order valence-corrected chi connectivity index (χ2v) is 6.14. The summed E-state index contributed by atoms with van der Waals surface area (Å²) in [6.45, 7) is 3.59. The van der Waals surface area contributed by atoms with Crippen LogP contribution in [0.1, 0.15) is 13.3 Å². The van der Waals surface area contributed by atoms with Crippen LogP contribution in [0.15, 0.2) is 0 Å². The summed E-state index contributed by atoms with van der Waals surface area (Å²) in [6, 6.07) is 0. The number of nitrogens with two attached hydrogens (primary N) is 1. The van der Waals surface area contributed by atoms with Gasteiger partial charge >= 0.3 is 0 Å². The number of carbonyl (C=O) groups is 1. The first-order chi connectivity index (χ1) is 7.39. The predicted molar refractivity (Wildman–Crippen MR) is 58.5 cm³/mol. The largest absolute Gasteiger partial charge is 0.340 e. The molecule has 2 unspecified atom stereocenters. The van der Waals surface area contributed by atoms with E-state index in [-0.39, 0.29) is 11.8 Å². The van der Waals surface area contributed by atoms with Crippen LogP contribution in [0.3, 0.4) is 0 Å². The quantitative estimate of drug-likeness (QED) is 0.678. The number of hydrogen-bond donors (Lipinski definition) is 1. The predicted octanol–water partition coefficient (Wildman–Crippen LogP) is -1.01. The molecule has 0 spiro atoms. The summed E-state index contributed by atoms with van der Waals surface area (Å²) in [5, 5.41) is 5.02. The lowest BCUT2D eigenvalue weighted by atomic mass is 10.2. The average molecular weight is 247 g/mol. The van der Waals surface area contributed by atoms with Gasteiger partial charge in [-0.1, -0.05) is 6.92 Å². The van der Waals surface area contributed by atoms with Crippen molar-refractivity contribution in [2.45, 2.75) is 13.3 Å². The second-order valence-electron chi connectivity index (χ2n) is 4.59. The number of carbonyl (C=O) groups excluding carboxylic acids is 1. The zero-order valence-electron chi connectivity index (χ0n) is 9.30. The molecule has 2 aliphatic rings. The zero-order chi connectivity index (χ0) is 11.9. The van der Waals surface area contributed by atoms with E-state index in [1.807, 2.05) is 0 Å². The highest BCUT2D eigenvalue weighted by atomic mass is 32.2. The highest BCUT2D eigenvalue weighted by Gasteiger charge is 2.42. The van der Waals surface area contributed by atoms with Gasteiger partial charge in [0.25, 0.3) is 10.2 Å². The van der Waals surface area contributed by atoms with E-state index in [0.717, 1.165) is 6.42 Å². The molecule has 7 heteroatoms. The van der Waals surface area contributed by atoms with Crippen molar-refractivity contribution in [2.24, 2.45) is 17.0 Å². The van der Waals surface area contributed by atoms with Crippen LogP contribution in [0, 0.1) is 11.8 Å². The summed E-state index contributed by atoms with van der Waals surface area (Å²) in [5.41, 5.74) is 0. The van der Waals surface area contributed by atoms with E-state index in [9.17, 15) is 13.2 Å². The van der Waals surface area contributed by atoms with Crippen LogP contribution in [0.2, 0.25) is 0 Å². The lowest BCUT2D eigenvalue weighted by Gasteiger charge is -2.33. The molecular formula is C9H17N3O3S. The molecule has 1 saturated carbocycles. The average Bonchev–Trinajstić information content (AvgIpc) is 2.93. The highest BCUT2D eigenvalue weighted by Crippen LogP contribution is 2.39. The Kier molecular flexibility index (Phi) is 2.93. The molecular weight excluding hydrogens is 230 g/mol. The fourth-order valence-corrected chi connectivity index (χ4v) is 2.74. The molecule has 2 rings (SSSR count). The third kappa shape index (κ3) is 2.36. The van der Waals surface area contributed by atoms with Crippen LogP contribution in [0.4, 0.5) is 0 Å². The monoisotopic (exact) mass is 247 g/mol. The van der Waals surface area contributed by atoms with Crippen molar-refractivity contribution in [1.29, 1.82) is 0 Å². The Hall–Kier alpha value is -0.660. The van der Waals surface area contributed by atoms with Gasteiger partial charge < -0.3 is 4.90 Å². The van der Waals surface area contributed by atoms with Gasteiger partial charge in [0, 0.05) is 32.1 Å². The van der Waals surface area contributed by atoms with E-state index < -0.39 is 10.2 Å². The van der Waals surface area contributed by atoms with E-state index in [4.69, 9.17) is 5.14 Å². The first-order valence-electron chi connectivity index (χ1n) is 5.46. The van der Waals surface area contributed by atoms with Gasteiger partial charge in [-0.3, -0.25) is 4.79 Å². The first-order valence-corrected chi connectivity index (χ1v) is 6.96. The lowest BCUT2D eigenvalue weighted by Crippen LogP contribution is -2.52. The van der Waals surface area contributed by atoms with Crippen molar-refractivity contribution < 1.29 is 13.2 Å². The summed E-state index contributed by atoms with van der Waals surface area (Å²) < 4.78 is 23.3. The van der Waals surface area contributed by atoms with Crippen molar-refractivity contribution >= 4 is 16.1 Å². The minimum atomic E-state index is -3.60. The molecule has 1 saturated heterocycles. The van der Waals surface area contributed by atoms with Crippen molar-refractivity contribution in [1.82, 2.24) is 9.21 Å². The summed E-state index contributed by atoms with van der Waals surface area (Å²) in [7, 11) is -3.60. The molecule has 1 heterocycles. The Balaban J connectivity index is 1.88. The molecule has 1 aliphatic carbocycles. The van der Waals surface area contributed by atoms with Crippen LogP contribution in [0.25, 0.3) is 0 Å². The molecule has 2 fully saturated rings. The maximum absolute atomic E-state index is 11.9. The van der Waals surface area contributed by atoms with E-state index >= 15 is 0 Å². The number of piperazine rings is 1. The van der Waals surface area contributed by atoms with Crippen LogP contribution in [0.5, 0.6) is 0 Å². The maximum Gasteiger partial charge on any atom is 0.277 e. The normalized spacial score (nSPS) is 31.5. The Morgan fingerprint density at radius 2 is 1.75 bits per heavy atom. The van der Waals surface area contributed by atoms with Gasteiger partial charge in [-0.05, 0) is 12.3 Å². The molecule has 16 heavy (non-hydrogen) atoms. The fraction of sp³-hybridized carbons (Fsp3) is 0.889. The molecule has 2 N–H and O–H groups in total. The molecule has 6 nitrogen and oxygen atoms in total. The van der Waals surface area contributed by atoms with Crippen molar-refractivity contribution in [3.63, 3.8) is 0 Å². The molecule has 0 aromatic heterocycles. The number of hydrogen-bond acceptors (Lipinski definition) is 3. The molecule has 0 bridgehead atoms. The highest BCUT2D eigenvalue weighted by molar-refractivity contribution is 7.86. The van der Waals surface area contributed by atoms with Gasteiger partial charge in [-0.15, -0.1) is 0 Å². The number of nitrogens with zero attached hydrogens (tertiary/aromatic N) is 2. The third-order valence-corrected chi connectivity index (χ3v) is 4.42. The first kappa shape index (κ1) is 11.8. The molecule has 1 amide bonds. The second kappa shape index (κ2) is 3.97. The van der Waals surface area contributed by atoms with Gasteiger partial charge in [-0.2, -0.15) is 12.7 Å². The fourth-order valence-electron chi connectivity index (χ4n) is 2.06. The van der Waals surface area contributed by atoms with Crippen molar-refractivity contribution in [2.75, 3.05) is 26.2 Å². The van der Waals surface area contributed by atoms with Gasteiger partial charge in [0.15, 0.2) is 0 Å². The van der Waals surface area contributed by atoms with E-state index in [1.54, 1.807) is 4.90 Å². The molecule has 92 valence electrons. The minimum Gasteiger partial charge on any atom is -0.340 e. The van der Waals surface area contributed by atoms with Crippen molar-refractivity contribution in [3.8, 4) is 0 Å². The topological polar surface area (TPSA) is 83.7 Å². The van der Waals surface area contributed by atoms with Crippen molar-refractivity contribution in [3.05, 3.63) is 0 Å². The molecule has 2 atom stereocenters. The Morgan fingerprint density at radius 1 is 1.25 bits per heavy atom. The van der Waals surface area contributed by atoms with Gasteiger partial charge in [-0.25, -0.2) is 5.14 Å². The lowest BCUT2D eigenvalue weighted by molar-refractivity contribution is -0.134. The summed E-state index contributed by atoms with van der Waals surface area (Å²) in [5.74, 6) is 0.825. The molecule has 0 aromatic carbocycles. The van der Waals surface area contributed by atoms with E-state index in [2.05, 4.69) is 6.92 Å². The standard InChI is InChI=1S/C9H17N3O3S/c1-7-6-8(7)9(13)11-2-4-12(5-3-11)16(10,14)15/h7-8H,2-6H2,1H3,(H2,10,14,15). The summed E-state index contributed by atoms with van der Waals surface area (Å²) >= 11 is 0. The zero-order valence-corrected chi connectivity index (χ0v) is 10.1. The van der Waals surface area contributed by atoms with E-state index in [1.165, 1.54) is 4.31 Å². The minimum absolute atomic E-state index is 0.168. The number of amides is 1. The van der Waals surface area contributed by atoms with Crippen LogP contribution in [-0.4, -0.2) is 49.7 Å². The van der Waals surface area contributed by atoms with Gasteiger partial charge in [0.2, 0.25) is 5.91 Å².